The number of hydrogen-bond acceptors (Lipinski definition) is 2. The SMILES string of the molecule is C1CCNC2(CC1)CCOCC2. The lowest BCUT2D eigenvalue weighted by Gasteiger charge is -2.37. The highest BCUT2D eigenvalue weighted by atomic mass is 16.5. The molecule has 70 valence electrons. The fourth-order valence-corrected chi connectivity index (χ4v) is 2.40. The molecule has 2 fully saturated rings. The number of ether oxygens (including phenoxy) is 1. The van der Waals surface area contributed by atoms with Crippen LogP contribution in [0.25, 0.3) is 0 Å². The summed E-state index contributed by atoms with van der Waals surface area (Å²) in [5, 5.41) is 3.72. The lowest BCUT2D eigenvalue weighted by atomic mass is 9.86. The third-order valence-electron chi connectivity index (χ3n) is 3.28. The van der Waals surface area contributed by atoms with Crippen molar-refractivity contribution in [2.45, 2.75) is 44.1 Å². The van der Waals surface area contributed by atoms with Crippen LogP contribution in [0.5, 0.6) is 0 Å². The Morgan fingerprint density at radius 3 is 2.58 bits per heavy atom. The van der Waals surface area contributed by atoms with E-state index in [1.165, 1.54) is 45.1 Å². The van der Waals surface area contributed by atoms with Gasteiger partial charge in [0.15, 0.2) is 0 Å². The van der Waals surface area contributed by atoms with E-state index in [-0.39, 0.29) is 0 Å². The molecule has 0 bridgehead atoms. The van der Waals surface area contributed by atoms with Crippen molar-refractivity contribution >= 4 is 0 Å². The monoisotopic (exact) mass is 169 g/mol. The van der Waals surface area contributed by atoms with Crippen LogP contribution in [0.4, 0.5) is 0 Å². The lowest BCUT2D eigenvalue weighted by Crippen LogP contribution is -2.48. The summed E-state index contributed by atoms with van der Waals surface area (Å²) in [7, 11) is 0. The highest BCUT2D eigenvalue weighted by Crippen LogP contribution is 2.28. The van der Waals surface area contributed by atoms with Crippen LogP contribution in [0.15, 0.2) is 0 Å². The molecule has 2 aliphatic rings. The maximum absolute atomic E-state index is 5.40. The minimum absolute atomic E-state index is 0.467. The Kier molecular flexibility index (Phi) is 2.66. The van der Waals surface area contributed by atoms with E-state index in [1.54, 1.807) is 0 Å². The lowest BCUT2D eigenvalue weighted by molar-refractivity contribution is 0.0366. The maximum atomic E-state index is 5.40. The minimum Gasteiger partial charge on any atom is -0.381 e. The Balaban J connectivity index is 1.95. The van der Waals surface area contributed by atoms with E-state index in [0.717, 1.165) is 13.2 Å². The minimum atomic E-state index is 0.467. The molecule has 0 unspecified atom stereocenters. The van der Waals surface area contributed by atoms with Gasteiger partial charge >= 0.3 is 0 Å². The Morgan fingerprint density at radius 1 is 0.917 bits per heavy atom. The summed E-state index contributed by atoms with van der Waals surface area (Å²) in [5.41, 5.74) is 0.467. The first-order valence-corrected chi connectivity index (χ1v) is 5.24. The maximum Gasteiger partial charge on any atom is 0.0483 e. The summed E-state index contributed by atoms with van der Waals surface area (Å²) in [4.78, 5) is 0. The van der Waals surface area contributed by atoms with E-state index in [1.807, 2.05) is 0 Å². The zero-order valence-electron chi connectivity index (χ0n) is 7.77. The van der Waals surface area contributed by atoms with E-state index in [2.05, 4.69) is 5.32 Å². The molecular formula is C10H19NO. The summed E-state index contributed by atoms with van der Waals surface area (Å²) >= 11 is 0. The van der Waals surface area contributed by atoms with E-state index in [9.17, 15) is 0 Å². The molecular weight excluding hydrogens is 150 g/mol. The molecule has 0 atom stereocenters. The average Bonchev–Trinajstić information content (AvgIpc) is 2.33. The molecule has 12 heavy (non-hydrogen) atoms. The molecule has 0 aromatic carbocycles. The Hall–Kier alpha value is -0.0800. The van der Waals surface area contributed by atoms with Crippen molar-refractivity contribution in [3.63, 3.8) is 0 Å². The first-order chi connectivity index (χ1) is 5.91. The van der Waals surface area contributed by atoms with Crippen molar-refractivity contribution in [1.82, 2.24) is 5.32 Å². The van der Waals surface area contributed by atoms with E-state index in [4.69, 9.17) is 4.74 Å². The standard InChI is InChI=1S/C10H19NO/c1-2-4-10(11-7-3-1)5-8-12-9-6-10/h11H,1-9H2. The molecule has 2 heterocycles. The van der Waals surface area contributed by atoms with Crippen molar-refractivity contribution in [3.8, 4) is 0 Å². The van der Waals surface area contributed by atoms with Crippen molar-refractivity contribution in [2.24, 2.45) is 0 Å². The van der Waals surface area contributed by atoms with Gasteiger partial charge in [-0.15, -0.1) is 0 Å². The van der Waals surface area contributed by atoms with Gasteiger partial charge in [0.05, 0.1) is 0 Å². The van der Waals surface area contributed by atoms with E-state index in [0.29, 0.717) is 5.54 Å². The van der Waals surface area contributed by atoms with Crippen molar-refractivity contribution < 1.29 is 4.74 Å². The molecule has 0 aromatic rings. The van der Waals surface area contributed by atoms with Crippen LogP contribution in [0, 0.1) is 0 Å². The van der Waals surface area contributed by atoms with Crippen LogP contribution >= 0.6 is 0 Å². The molecule has 0 saturated carbocycles. The van der Waals surface area contributed by atoms with Crippen LogP contribution < -0.4 is 5.32 Å². The molecule has 2 rings (SSSR count). The van der Waals surface area contributed by atoms with E-state index < -0.39 is 0 Å². The molecule has 2 heteroatoms. The second kappa shape index (κ2) is 3.75. The van der Waals surface area contributed by atoms with Gasteiger partial charge in [-0.2, -0.15) is 0 Å². The number of hydrogen-bond donors (Lipinski definition) is 1. The quantitative estimate of drug-likeness (QED) is 0.596. The Labute approximate surface area is 74.7 Å². The highest BCUT2D eigenvalue weighted by Gasteiger charge is 2.32. The molecule has 2 aliphatic heterocycles. The Morgan fingerprint density at radius 2 is 1.75 bits per heavy atom. The van der Waals surface area contributed by atoms with Gasteiger partial charge in [-0.25, -0.2) is 0 Å². The zero-order valence-corrected chi connectivity index (χ0v) is 7.77. The number of nitrogens with one attached hydrogen (secondary N) is 1. The van der Waals surface area contributed by atoms with Gasteiger partial charge in [-0.3, -0.25) is 0 Å². The topological polar surface area (TPSA) is 21.3 Å². The van der Waals surface area contributed by atoms with Gasteiger partial charge < -0.3 is 10.1 Å². The zero-order chi connectivity index (χ0) is 8.28. The van der Waals surface area contributed by atoms with Crippen LogP contribution in [-0.2, 0) is 4.74 Å². The average molecular weight is 169 g/mol. The van der Waals surface area contributed by atoms with Gasteiger partial charge in [0, 0.05) is 18.8 Å². The van der Waals surface area contributed by atoms with Crippen LogP contribution in [0.2, 0.25) is 0 Å². The summed E-state index contributed by atoms with van der Waals surface area (Å²) in [5.74, 6) is 0. The third kappa shape index (κ3) is 1.80. The summed E-state index contributed by atoms with van der Waals surface area (Å²) in [6, 6.07) is 0. The fraction of sp³-hybridized carbons (Fsp3) is 1.00. The summed E-state index contributed by atoms with van der Waals surface area (Å²) < 4.78 is 5.40. The highest BCUT2D eigenvalue weighted by molar-refractivity contribution is 4.91. The normalized spacial score (nSPS) is 30.0. The molecule has 2 saturated heterocycles. The van der Waals surface area contributed by atoms with Gasteiger partial charge in [-0.1, -0.05) is 12.8 Å². The second-order valence-electron chi connectivity index (χ2n) is 4.13. The molecule has 0 radical (unpaired) electrons. The molecule has 0 amide bonds. The molecule has 0 aliphatic carbocycles. The van der Waals surface area contributed by atoms with Gasteiger partial charge in [0.2, 0.25) is 0 Å². The predicted octanol–water partition coefficient (Wildman–Crippen LogP) is 1.70. The predicted molar refractivity (Wildman–Crippen MR) is 49.3 cm³/mol. The first-order valence-electron chi connectivity index (χ1n) is 5.24. The fourth-order valence-electron chi connectivity index (χ4n) is 2.40. The largest absolute Gasteiger partial charge is 0.381 e. The van der Waals surface area contributed by atoms with Gasteiger partial charge in [0.25, 0.3) is 0 Å². The van der Waals surface area contributed by atoms with Crippen LogP contribution in [-0.4, -0.2) is 25.3 Å². The van der Waals surface area contributed by atoms with Crippen molar-refractivity contribution in [1.29, 1.82) is 0 Å². The first kappa shape index (κ1) is 8.52. The number of rotatable bonds is 0. The van der Waals surface area contributed by atoms with Gasteiger partial charge in [0.1, 0.15) is 0 Å². The second-order valence-corrected chi connectivity index (χ2v) is 4.13. The Bertz CT molecular complexity index is 131. The third-order valence-corrected chi connectivity index (χ3v) is 3.28. The summed E-state index contributed by atoms with van der Waals surface area (Å²) in [6.45, 7) is 3.15. The summed E-state index contributed by atoms with van der Waals surface area (Å²) in [6.07, 6.45) is 8.02. The van der Waals surface area contributed by atoms with Crippen molar-refractivity contribution in [2.75, 3.05) is 19.8 Å². The van der Waals surface area contributed by atoms with Gasteiger partial charge in [-0.05, 0) is 32.2 Å². The molecule has 1 N–H and O–H groups in total. The van der Waals surface area contributed by atoms with Crippen LogP contribution in [0.1, 0.15) is 38.5 Å². The molecule has 1 spiro atoms. The smallest absolute Gasteiger partial charge is 0.0483 e. The van der Waals surface area contributed by atoms with Crippen molar-refractivity contribution in [3.05, 3.63) is 0 Å². The van der Waals surface area contributed by atoms with E-state index >= 15 is 0 Å². The molecule has 2 nitrogen and oxygen atoms in total. The van der Waals surface area contributed by atoms with Crippen LogP contribution in [0.3, 0.4) is 0 Å². The molecule has 0 aromatic heterocycles.